The lowest BCUT2D eigenvalue weighted by Crippen LogP contribution is -2.13. The highest BCUT2D eigenvalue weighted by atomic mass is 127. The zero-order chi connectivity index (χ0) is 14.0. The van der Waals surface area contributed by atoms with Gasteiger partial charge in [0.2, 0.25) is 0 Å². The lowest BCUT2D eigenvalue weighted by Gasteiger charge is -2.09. The Balaban J connectivity index is 2.30. The smallest absolute Gasteiger partial charge is 0.257 e. The van der Waals surface area contributed by atoms with Crippen LogP contribution in [0.15, 0.2) is 36.4 Å². The van der Waals surface area contributed by atoms with Crippen LogP contribution in [0.1, 0.15) is 10.4 Å². The molecule has 19 heavy (non-hydrogen) atoms. The fourth-order valence-corrected chi connectivity index (χ4v) is 2.49. The lowest BCUT2D eigenvalue weighted by molar-refractivity contribution is 0.102. The fourth-order valence-electron chi connectivity index (χ4n) is 1.45. The first-order valence-corrected chi connectivity index (χ1v) is 7.40. The van der Waals surface area contributed by atoms with Crippen molar-refractivity contribution in [3.8, 4) is 0 Å². The molecule has 0 heterocycles. The minimum Gasteiger partial charge on any atom is -0.321 e. The average molecular weight is 426 g/mol. The van der Waals surface area contributed by atoms with E-state index in [4.69, 9.17) is 34.8 Å². The zero-order valence-corrected chi connectivity index (χ0v) is 13.8. The van der Waals surface area contributed by atoms with E-state index in [1.807, 2.05) is 6.07 Å². The molecule has 0 fully saturated rings. The molecule has 0 aliphatic heterocycles. The van der Waals surface area contributed by atoms with Crippen molar-refractivity contribution < 1.29 is 4.79 Å². The summed E-state index contributed by atoms with van der Waals surface area (Å²) in [5.41, 5.74) is 0.846. The van der Waals surface area contributed by atoms with Gasteiger partial charge in [-0.1, -0.05) is 34.8 Å². The van der Waals surface area contributed by atoms with Gasteiger partial charge in [-0.15, -0.1) is 0 Å². The van der Waals surface area contributed by atoms with Gasteiger partial charge >= 0.3 is 0 Å². The minimum atomic E-state index is -0.326. The number of hydrogen-bond acceptors (Lipinski definition) is 1. The van der Waals surface area contributed by atoms with E-state index in [0.717, 1.165) is 3.57 Å². The number of carbonyl (C=O) groups excluding carboxylic acids is 1. The topological polar surface area (TPSA) is 29.1 Å². The Kier molecular flexibility index (Phi) is 4.95. The van der Waals surface area contributed by atoms with E-state index in [-0.39, 0.29) is 5.91 Å². The summed E-state index contributed by atoms with van der Waals surface area (Å²) in [6, 6.07) is 10.1. The summed E-state index contributed by atoms with van der Waals surface area (Å²) in [5, 5.41) is 3.99. The highest BCUT2D eigenvalue weighted by molar-refractivity contribution is 14.1. The number of nitrogens with one attached hydrogen (secondary N) is 1. The van der Waals surface area contributed by atoms with Gasteiger partial charge in [-0.25, -0.2) is 0 Å². The number of anilines is 1. The van der Waals surface area contributed by atoms with Crippen LogP contribution < -0.4 is 5.32 Å². The number of halogens is 4. The van der Waals surface area contributed by atoms with Crippen LogP contribution in [0.3, 0.4) is 0 Å². The summed E-state index contributed by atoms with van der Waals surface area (Å²) in [7, 11) is 0. The summed E-state index contributed by atoms with van der Waals surface area (Å²) < 4.78 is 0.921. The fraction of sp³-hybridized carbons (Fsp3) is 0. The largest absolute Gasteiger partial charge is 0.321 e. The third-order valence-electron chi connectivity index (χ3n) is 2.35. The highest BCUT2D eigenvalue weighted by Crippen LogP contribution is 2.27. The Hall–Kier alpha value is -0.490. The molecule has 6 heteroatoms. The van der Waals surface area contributed by atoms with Crippen LogP contribution in [0, 0.1) is 3.57 Å². The lowest BCUT2D eigenvalue weighted by atomic mass is 10.2. The predicted octanol–water partition coefficient (Wildman–Crippen LogP) is 5.50. The second kappa shape index (κ2) is 6.31. The van der Waals surface area contributed by atoms with Crippen LogP contribution in [-0.2, 0) is 0 Å². The Morgan fingerprint density at radius 3 is 2.42 bits per heavy atom. The monoisotopic (exact) mass is 425 g/mol. The van der Waals surface area contributed by atoms with Gasteiger partial charge in [-0.2, -0.15) is 0 Å². The molecule has 0 radical (unpaired) electrons. The van der Waals surface area contributed by atoms with Crippen molar-refractivity contribution in [3.05, 3.63) is 60.6 Å². The van der Waals surface area contributed by atoms with Gasteiger partial charge in [0.15, 0.2) is 0 Å². The molecule has 1 amide bonds. The van der Waals surface area contributed by atoms with E-state index in [9.17, 15) is 4.79 Å². The second-order valence-corrected chi connectivity index (χ2v) is 6.20. The molecule has 0 atom stereocenters. The van der Waals surface area contributed by atoms with E-state index in [2.05, 4.69) is 27.9 Å². The molecule has 0 spiro atoms. The van der Waals surface area contributed by atoms with Gasteiger partial charge in [0, 0.05) is 8.59 Å². The summed E-state index contributed by atoms with van der Waals surface area (Å²) in [6.07, 6.45) is 0. The summed E-state index contributed by atoms with van der Waals surface area (Å²) in [6.45, 7) is 0. The van der Waals surface area contributed by atoms with Crippen LogP contribution in [0.25, 0.3) is 0 Å². The first-order valence-electron chi connectivity index (χ1n) is 5.19. The molecule has 2 rings (SSSR count). The molecule has 2 nitrogen and oxygen atoms in total. The molecule has 0 unspecified atom stereocenters. The van der Waals surface area contributed by atoms with Crippen LogP contribution in [-0.4, -0.2) is 5.91 Å². The Labute approximate surface area is 139 Å². The third kappa shape index (κ3) is 3.75. The molecule has 98 valence electrons. The maximum atomic E-state index is 12.2. The van der Waals surface area contributed by atoms with Gasteiger partial charge in [0.25, 0.3) is 5.91 Å². The molecule has 0 saturated carbocycles. The van der Waals surface area contributed by atoms with Crippen molar-refractivity contribution in [2.45, 2.75) is 0 Å². The Morgan fingerprint density at radius 2 is 1.68 bits per heavy atom. The Bertz CT molecular complexity index is 646. The van der Waals surface area contributed by atoms with Crippen molar-refractivity contribution in [3.63, 3.8) is 0 Å². The molecule has 2 aromatic carbocycles. The molecule has 2 aromatic rings. The van der Waals surface area contributed by atoms with Crippen LogP contribution >= 0.6 is 57.4 Å². The van der Waals surface area contributed by atoms with E-state index >= 15 is 0 Å². The molecule has 0 aliphatic carbocycles. The Morgan fingerprint density at radius 1 is 1.00 bits per heavy atom. The maximum absolute atomic E-state index is 12.2. The van der Waals surface area contributed by atoms with E-state index in [1.165, 1.54) is 0 Å². The summed E-state index contributed by atoms with van der Waals surface area (Å²) in [4.78, 5) is 12.2. The molecular formula is C13H7Cl3INO. The van der Waals surface area contributed by atoms with E-state index in [1.54, 1.807) is 30.3 Å². The normalized spacial score (nSPS) is 10.3. The SMILES string of the molecule is O=C(Nc1cc(Cl)ccc1Cl)c1cc(I)ccc1Cl. The predicted molar refractivity (Wildman–Crippen MR) is 88.6 cm³/mol. The van der Waals surface area contributed by atoms with Gasteiger partial charge < -0.3 is 5.32 Å². The van der Waals surface area contributed by atoms with E-state index in [0.29, 0.717) is 26.3 Å². The van der Waals surface area contributed by atoms with Crippen molar-refractivity contribution in [2.75, 3.05) is 5.32 Å². The minimum absolute atomic E-state index is 0.326. The first-order chi connectivity index (χ1) is 8.97. The molecule has 0 aliphatic rings. The van der Waals surface area contributed by atoms with Gasteiger partial charge in [0.1, 0.15) is 0 Å². The maximum Gasteiger partial charge on any atom is 0.257 e. The second-order valence-electron chi connectivity index (χ2n) is 3.70. The van der Waals surface area contributed by atoms with Crippen LogP contribution in [0.4, 0.5) is 5.69 Å². The van der Waals surface area contributed by atoms with Gasteiger partial charge in [-0.05, 0) is 59.0 Å². The van der Waals surface area contributed by atoms with Crippen molar-refractivity contribution >= 4 is 69.0 Å². The van der Waals surface area contributed by atoms with Crippen molar-refractivity contribution in [2.24, 2.45) is 0 Å². The molecule has 0 saturated heterocycles. The highest BCUT2D eigenvalue weighted by Gasteiger charge is 2.13. The number of carbonyl (C=O) groups is 1. The number of benzene rings is 2. The quantitative estimate of drug-likeness (QED) is 0.631. The average Bonchev–Trinajstić information content (AvgIpc) is 2.36. The number of rotatable bonds is 2. The number of hydrogen-bond donors (Lipinski definition) is 1. The first kappa shape index (κ1) is 14.9. The summed E-state index contributed by atoms with van der Waals surface area (Å²) >= 11 is 20.0. The van der Waals surface area contributed by atoms with Crippen LogP contribution in [0.2, 0.25) is 15.1 Å². The standard InChI is InChI=1S/C13H7Cl3INO/c14-7-1-3-11(16)12(5-7)18-13(19)9-6-8(17)2-4-10(9)15/h1-6H,(H,18,19). The molecule has 0 aromatic heterocycles. The van der Waals surface area contributed by atoms with Gasteiger partial charge in [0.05, 0.1) is 21.3 Å². The van der Waals surface area contributed by atoms with Crippen LogP contribution in [0.5, 0.6) is 0 Å². The zero-order valence-electron chi connectivity index (χ0n) is 9.38. The van der Waals surface area contributed by atoms with Gasteiger partial charge in [-0.3, -0.25) is 4.79 Å². The number of amides is 1. The van der Waals surface area contributed by atoms with Crippen molar-refractivity contribution in [1.82, 2.24) is 0 Å². The molecule has 0 bridgehead atoms. The summed E-state index contributed by atoms with van der Waals surface area (Å²) in [5.74, 6) is -0.326. The molecule has 1 N–H and O–H groups in total. The molecular weight excluding hydrogens is 419 g/mol. The van der Waals surface area contributed by atoms with E-state index < -0.39 is 0 Å². The third-order valence-corrected chi connectivity index (χ3v) is 3.91. The van der Waals surface area contributed by atoms with Crippen molar-refractivity contribution in [1.29, 1.82) is 0 Å².